The fraction of sp³-hybridized carbons (Fsp3) is 0.258. The van der Waals surface area contributed by atoms with E-state index in [4.69, 9.17) is 15.2 Å². The molecule has 194 valence electrons. The van der Waals surface area contributed by atoms with Crippen LogP contribution in [0.15, 0.2) is 79.0 Å². The summed E-state index contributed by atoms with van der Waals surface area (Å²) in [5.74, 6) is -1.92. The number of nitrogens with two attached hydrogens (primary N) is 1. The van der Waals surface area contributed by atoms with E-state index in [-0.39, 0.29) is 18.9 Å². The number of fused-ring (bicyclic) bond motifs is 4. The lowest BCUT2D eigenvalue weighted by molar-refractivity contribution is -0.154. The zero-order valence-electron chi connectivity index (χ0n) is 21.6. The number of hydrogen-bond donors (Lipinski definition) is 1. The van der Waals surface area contributed by atoms with Crippen LogP contribution in [0.25, 0.3) is 22.0 Å². The van der Waals surface area contributed by atoms with Gasteiger partial charge >= 0.3 is 12.1 Å². The predicted octanol–water partition coefficient (Wildman–Crippen LogP) is 5.22. The minimum absolute atomic E-state index is 0.0449. The number of rotatable bonds is 6. The molecular weight excluding hydrogens is 480 g/mol. The van der Waals surface area contributed by atoms with E-state index in [1.54, 1.807) is 33.0 Å². The van der Waals surface area contributed by atoms with Crippen molar-refractivity contribution in [2.75, 3.05) is 6.61 Å². The Bertz CT molecular complexity index is 1500. The number of nitrogens with zero attached hydrogens (tertiary/aromatic N) is 1. The molecule has 3 aromatic carbocycles. The lowest BCUT2D eigenvalue weighted by atomic mass is 9.98. The summed E-state index contributed by atoms with van der Waals surface area (Å²) >= 11 is 0. The molecule has 1 aliphatic rings. The van der Waals surface area contributed by atoms with Crippen LogP contribution in [0.2, 0.25) is 0 Å². The SMILES string of the molecule is CC(C)(C)OC(=O)n1cc(C[C@H](N)C(=O)C(=O)OCC2c3ccccc3-c3ccccc32)c2ccccc21. The first-order valence-electron chi connectivity index (χ1n) is 12.6. The van der Waals surface area contributed by atoms with E-state index in [2.05, 4.69) is 0 Å². The summed E-state index contributed by atoms with van der Waals surface area (Å²) in [4.78, 5) is 38.4. The van der Waals surface area contributed by atoms with Crippen molar-refractivity contribution in [3.63, 3.8) is 0 Å². The lowest BCUT2D eigenvalue weighted by Crippen LogP contribution is -2.39. The van der Waals surface area contributed by atoms with Crippen LogP contribution in [0.1, 0.15) is 43.4 Å². The largest absolute Gasteiger partial charge is 0.459 e. The summed E-state index contributed by atoms with van der Waals surface area (Å²) in [6.07, 6.45) is 1.15. The minimum Gasteiger partial charge on any atom is -0.459 e. The Morgan fingerprint density at radius 3 is 2.11 bits per heavy atom. The van der Waals surface area contributed by atoms with Gasteiger partial charge in [0.2, 0.25) is 0 Å². The number of ketones is 1. The molecule has 2 N–H and O–H groups in total. The molecule has 0 saturated heterocycles. The van der Waals surface area contributed by atoms with E-state index in [0.29, 0.717) is 11.1 Å². The highest BCUT2D eigenvalue weighted by Gasteiger charge is 2.31. The molecule has 0 radical (unpaired) electrons. The van der Waals surface area contributed by atoms with Crippen LogP contribution in [0.4, 0.5) is 4.79 Å². The number of carbonyl (C=O) groups is 3. The van der Waals surface area contributed by atoms with E-state index in [1.165, 1.54) is 4.57 Å². The third kappa shape index (κ3) is 4.85. The third-order valence-electron chi connectivity index (χ3n) is 6.71. The zero-order chi connectivity index (χ0) is 27.0. The van der Waals surface area contributed by atoms with Crippen molar-refractivity contribution in [2.24, 2.45) is 5.73 Å². The Balaban J connectivity index is 1.29. The van der Waals surface area contributed by atoms with Crippen molar-refractivity contribution in [1.82, 2.24) is 4.57 Å². The average molecular weight is 511 g/mol. The fourth-order valence-electron chi connectivity index (χ4n) is 5.03. The standard InChI is InChI=1S/C31H30N2O5/c1-31(2,3)38-30(36)33-17-19(20-10-8-9-15-27(20)33)16-26(32)28(34)29(35)37-18-25-23-13-6-4-11-21(23)22-12-5-7-14-24(22)25/h4-15,17,25-26H,16,18,32H2,1-3H3/t26-/m0/s1. The number of para-hydroxylation sites is 1. The molecule has 5 rings (SSSR count). The van der Waals surface area contributed by atoms with Gasteiger partial charge in [0.05, 0.1) is 11.6 Å². The number of ether oxygens (including phenoxy) is 2. The Labute approximate surface area is 221 Å². The first kappa shape index (κ1) is 25.4. The van der Waals surface area contributed by atoms with Gasteiger partial charge in [-0.25, -0.2) is 9.59 Å². The third-order valence-corrected chi connectivity index (χ3v) is 6.71. The molecule has 1 heterocycles. The van der Waals surface area contributed by atoms with Gasteiger partial charge in [0.1, 0.15) is 12.2 Å². The molecular formula is C31H30N2O5. The smallest absolute Gasteiger partial charge is 0.419 e. The lowest BCUT2D eigenvalue weighted by Gasteiger charge is -2.19. The molecule has 0 saturated carbocycles. The normalized spacial score (nSPS) is 13.6. The summed E-state index contributed by atoms with van der Waals surface area (Å²) in [5.41, 5.74) is 11.2. The first-order valence-corrected chi connectivity index (χ1v) is 12.6. The van der Waals surface area contributed by atoms with Crippen LogP contribution >= 0.6 is 0 Å². The van der Waals surface area contributed by atoms with Crippen molar-refractivity contribution in [3.8, 4) is 11.1 Å². The average Bonchev–Trinajstić information content (AvgIpc) is 3.42. The molecule has 0 aliphatic heterocycles. The van der Waals surface area contributed by atoms with E-state index in [0.717, 1.165) is 27.6 Å². The second kappa shape index (κ2) is 9.91. The van der Waals surface area contributed by atoms with Crippen molar-refractivity contribution in [1.29, 1.82) is 0 Å². The molecule has 0 spiro atoms. The Hall–Kier alpha value is -4.23. The van der Waals surface area contributed by atoms with Gasteiger partial charge in [0.25, 0.3) is 5.78 Å². The van der Waals surface area contributed by atoms with Crippen molar-refractivity contribution < 1.29 is 23.9 Å². The molecule has 0 bridgehead atoms. The molecule has 0 fully saturated rings. The highest BCUT2D eigenvalue weighted by atomic mass is 16.6. The van der Waals surface area contributed by atoms with Gasteiger partial charge in [0, 0.05) is 17.5 Å². The number of Topliss-reactive ketones (excluding diaryl/α,β-unsaturated/α-hetero) is 1. The number of aromatic nitrogens is 1. The van der Waals surface area contributed by atoms with Gasteiger partial charge in [-0.3, -0.25) is 9.36 Å². The van der Waals surface area contributed by atoms with E-state index in [9.17, 15) is 14.4 Å². The van der Waals surface area contributed by atoms with Gasteiger partial charge < -0.3 is 15.2 Å². The Morgan fingerprint density at radius 1 is 0.895 bits per heavy atom. The van der Waals surface area contributed by atoms with Gasteiger partial charge in [-0.2, -0.15) is 0 Å². The number of hydrogen-bond acceptors (Lipinski definition) is 6. The fourth-order valence-corrected chi connectivity index (χ4v) is 5.03. The highest BCUT2D eigenvalue weighted by molar-refractivity contribution is 6.35. The van der Waals surface area contributed by atoms with Gasteiger partial charge in [0.15, 0.2) is 0 Å². The van der Waals surface area contributed by atoms with Crippen LogP contribution in [0.5, 0.6) is 0 Å². The van der Waals surface area contributed by atoms with Crippen LogP contribution in [-0.4, -0.2) is 40.7 Å². The van der Waals surface area contributed by atoms with E-state index < -0.39 is 29.5 Å². The van der Waals surface area contributed by atoms with Crippen molar-refractivity contribution >= 4 is 28.7 Å². The highest BCUT2D eigenvalue weighted by Crippen LogP contribution is 2.44. The summed E-state index contributed by atoms with van der Waals surface area (Å²) in [6, 6.07) is 22.2. The summed E-state index contributed by atoms with van der Waals surface area (Å²) < 4.78 is 12.4. The quantitative estimate of drug-likeness (QED) is 0.282. The van der Waals surface area contributed by atoms with Gasteiger partial charge in [-0.1, -0.05) is 66.7 Å². The molecule has 1 atom stereocenters. The Kier molecular flexibility index (Phi) is 6.63. The van der Waals surface area contributed by atoms with Crippen LogP contribution in [0, 0.1) is 0 Å². The zero-order valence-corrected chi connectivity index (χ0v) is 21.6. The second-order valence-corrected chi connectivity index (χ2v) is 10.5. The number of esters is 1. The predicted molar refractivity (Wildman–Crippen MR) is 145 cm³/mol. The van der Waals surface area contributed by atoms with Crippen molar-refractivity contribution in [2.45, 2.75) is 44.8 Å². The summed E-state index contributed by atoms with van der Waals surface area (Å²) in [6.45, 7) is 5.42. The number of benzene rings is 3. The monoisotopic (exact) mass is 510 g/mol. The number of carbonyl (C=O) groups excluding carboxylic acids is 3. The van der Waals surface area contributed by atoms with Gasteiger partial charge in [-0.05, 0) is 61.1 Å². The summed E-state index contributed by atoms with van der Waals surface area (Å²) in [7, 11) is 0. The van der Waals surface area contributed by atoms with Crippen LogP contribution in [0.3, 0.4) is 0 Å². The maximum Gasteiger partial charge on any atom is 0.419 e. The molecule has 7 nitrogen and oxygen atoms in total. The minimum atomic E-state index is -1.12. The van der Waals surface area contributed by atoms with Crippen LogP contribution in [-0.2, 0) is 25.5 Å². The molecule has 0 amide bonds. The van der Waals surface area contributed by atoms with Crippen LogP contribution < -0.4 is 5.73 Å². The topological polar surface area (TPSA) is 101 Å². The molecule has 7 heteroatoms. The molecule has 1 aliphatic carbocycles. The molecule has 1 aromatic heterocycles. The van der Waals surface area contributed by atoms with Crippen molar-refractivity contribution in [3.05, 3.63) is 95.7 Å². The van der Waals surface area contributed by atoms with Gasteiger partial charge in [-0.15, -0.1) is 0 Å². The maximum atomic E-state index is 12.9. The molecule has 4 aromatic rings. The summed E-state index contributed by atoms with van der Waals surface area (Å²) in [5, 5.41) is 0.758. The van der Waals surface area contributed by atoms with E-state index >= 15 is 0 Å². The van der Waals surface area contributed by atoms with E-state index in [1.807, 2.05) is 66.7 Å². The Morgan fingerprint density at radius 2 is 1.47 bits per heavy atom. The first-order chi connectivity index (χ1) is 18.1. The second-order valence-electron chi connectivity index (χ2n) is 10.5. The maximum absolute atomic E-state index is 12.9. The molecule has 38 heavy (non-hydrogen) atoms. The molecule has 0 unspecified atom stereocenters.